The van der Waals surface area contributed by atoms with Crippen LogP contribution in [-0.2, 0) is 9.59 Å². The fourth-order valence-electron chi connectivity index (χ4n) is 4.18. The Bertz CT molecular complexity index is 355. The Morgan fingerprint density at radius 1 is 1.05 bits per heavy atom. The fourth-order valence-corrected chi connectivity index (χ4v) is 4.18. The van der Waals surface area contributed by atoms with Crippen LogP contribution in [0.5, 0.6) is 0 Å². The van der Waals surface area contributed by atoms with Gasteiger partial charge in [-0.25, -0.2) is 0 Å². The number of carbonyl (C=O) groups excluding carboxylic acids is 1. The number of amides is 1. The lowest BCUT2D eigenvalue weighted by molar-refractivity contribution is -0.140. The number of carbonyl (C=O) groups is 2. The number of hydrogen-bond donors (Lipinski definition) is 2. The predicted octanol–water partition coefficient (Wildman–Crippen LogP) is 3.50. The largest absolute Gasteiger partial charge is 0.481 e. The lowest BCUT2D eigenvalue weighted by Gasteiger charge is -2.26. The van der Waals surface area contributed by atoms with E-state index >= 15 is 0 Å². The third-order valence-corrected chi connectivity index (χ3v) is 5.31. The first-order valence-electron chi connectivity index (χ1n) is 8.58. The summed E-state index contributed by atoms with van der Waals surface area (Å²) in [6, 6.07) is 0. The lowest BCUT2D eigenvalue weighted by Crippen LogP contribution is -2.32. The minimum absolute atomic E-state index is 0.0459. The fraction of sp³-hybridized carbons (Fsp3) is 0.882. The van der Waals surface area contributed by atoms with Crippen LogP contribution in [0, 0.1) is 11.3 Å². The summed E-state index contributed by atoms with van der Waals surface area (Å²) in [7, 11) is 0. The van der Waals surface area contributed by atoms with Crippen LogP contribution in [0.2, 0.25) is 0 Å². The highest BCUT2D eigenvalue weighted by atomic mass is 16.4. The van der Waals surface area contributed by atoms with Gasteiger partial charge in [0, 0.05) is 13.0 Å². The van der Waals surface area contributed by atoms with Gasteiger partial charge in [-0.1, -0.05) is 38.5 Å². The molecule has 21 heavy (non-hydrogen) atoms. The van der Waals surface area contributed by atoms with Crippen LogP contribution >= 0.6 is 0 Å². The number of carboxylic acid groups (broad SMARTS) is 1. The molecular weight excluding hydrogens is 266 g/mol. The average Bonchev–Trinajstić information content (AvgIpc) is 3.06. The highest BCUT2D eigenvalue weighted by Crippen LogP contribution is 2.44. The molecule has 2 saturated carbocycles. The first kappa shape index (κ1) is 16.3. The van der Waals surface area contributed by atoms with Crippen molar-refractivity contribution >= 4 is 11.9 Å². The molecule has 0 radical (unpaired) electrons. The monoisotopic (exact) mass is 295 g/mol. The van der Waals surface area contributed by atoms with Gasteiger partial charge in [0.1, 0.15) is 0 Å². The highest BCUT2D eigenvalue weighted by molar-refractivity contribution is 5.78. The Labute approximate surface area is 127 Å². The van der Waals surface area contributed by atoms with E-state index in [1.165, 1.54) is 32.1 Å². The van der Waals surface area contributed by atoms with Gasteiger partial charge >= 0.3 is 5.97 Å². The zero-order valence-corrected chi connectivity index (χ0v) is 13.0. The van der Waals surface area contributed by atoms with Crippen molar-refractivity contribution in [1.82, 2.24) is 5.32 Å². The summed E-state index contributed by atoms with van der Waals surface area (Å²) in [5.74, 6) is 0.144. The molecule has 2 N–H and O–H groups in total. The molecule has 1 amide bonds. The molecule has 0 heterocycles. The Morgan fingerprint density at radius 2 is 1.71 bits per heavy atom. The van der Waals surface area contributed by atoms with Gasteiger partial charge < -0.3 is 10.4 Å². The molecule has 2 aliphatic carbocycles. The Morgan fingerprint density at radius 3 is 2.33 bits per heavy atom. The molecule has 0 unspecified atom stereocenters. The number of aliphatic carboxylic acids is 1. The molecule has 0 bridgehead atoms. The molecule has 2 aliphatic rings. The number of nitrogens with one attached hydrogen (secondary N) is 1. The zero-order valence-electron chi connectivity index (χ0n) is 13.0. The van der Waals surface area contributed by atoms with E-state index in [1.54, 1.807) is 0 Å². The lowest BCUT2D eigenvalue weighted by atomic mass is 9.79. The van der Waals surface area contributed by atoms with Crippen molar-refractivity contribution in [1.29, 1.82) is 0 Å². The van der Waals surface area contributed by atoms with Crippen molar-refractivity contribution in [2.24, 2.45) is 11.3 Å². The van der Waals surface area contributed by atoms with Crippen LogP contribution in [0.3, 0.4) is 0 Å². The van der Waals surface area contributed by atoms with E-state index in [2.05, 4.69) is 5.32 Å². The van der Waals surface area contributed by atoms with E-state index in [9.17, 15) is 9.59 Å². The van der Waals surface area contributed by atoms with Gasteiger partial charge in [0.05, 0.1) is 6.42 Å². The maximum atomic E-state index is 12.1. The molecule has 0 spiro atoms. The molecule has 0 saturated heterocycles. The molecular formula is C17H29NO3. The van der Waals surface area contributed by atoms with Crippen LogP contribution in [0.4, 0.5) is 0 Å². The highest BCUT2D eigenvalue weighted by Gasteiger charge is 2.37. The Kier molecular flexibility index (Phi) is 6.07. The molecule has 0 aliphatic heterocycles. The normalized spacial score (nSPS) is 21.5. The summed E-state index contributed by atoms with van der Waals surface area (Å²) in [4.78, 5) is 23.1. The van der Waals surface area contributed by atoms with Gasteiger partial charge in [-0.2, -0.15) is 0 Å². The van der Waals surface area contributed by atoms with Gasteiger partial charge in [0.25, 0.3) is 0 Å². The standard InChI is InChI=1S/C17H29NO3/c19-15(18-11-5-8-14-6-1-2-7-14)12-17(13-16(20)21)9-3-4-10-17/h14H,1-13H2,(H,18,19)(H,20,21). The molecule has 2 fully saturated rings. The Balaban J connectivity index is 1.66. The van der Waals surface area contributed by atoms with Gasteiger partial charge in [-0.3, -0.25) is 9.59 Å². The van der Waals surface area contributed by atoms with Gasteiger partial charge in [-0.05, 0) is 37.0 Å². The molecule has 4 nitrogen and oxygen atoms in total. The summed E-state index contributed by atoms with van der Waals surface area (Å²) in [6.07, 6.45) is 12.1. The van der Waals surface area contributed by atoms with Crippen LogP contribution in [-0.4, -0.2) is 23.5 Å². The second kappa shape index (κ2) is 7.81. The Hall–Kier alpha value is -1.06. The van der Waals surface area contributed by atoms with Crippen LogP contribution in [0.25, 0.3) is 0 Å². The zero-order chi connectivity index (χ0) is 15.1. The second-order valence-electron chi connectivity index (χ2n) is 7.10. The predicted molar refractivity (Wildman–Crippen MR) is 82.0 cm³/mol. The minimum Gasteiger partial charge on any atom is -0.481 e. The SMILES string of the molecule is O=C(O)CC1(CC(=O)NCCCC2CCCC2)CCCC1. The third kappa shape index (κ3) is 5.33. The van der Waals surface area contributed by atoms with Crippen molar-refractivity contribution in [3.63, 3.8) is 0 Å². The first-order chi connectivity index (χ1) is 10.1. The van der Waals surface area contributed by atoms with E-state index < -0.39 is 5.97 Å². The molecule has 0 aromatic heterocycles. The van der Waals surface area contributed by atoms with Gasteiger partial charge in [-0.15, -0.1) is 0 Å². The first-order valence-corrected chi connectivity index (χ1v) is 8.58. The van der Waals surface area contributed by atoms with Crippen LogP contribution in [0.1, 0.15) is 77.0 Å². The number of carboxylic acids is 1. The smallest absolute Gasteiger partial charge is 0.303 e. The van der Waals surface area contributed by atoms with Gasteiger partial charge in [0.2, 0.25) is 5.91 Å². The topological polar surface area (TPSA) is 66.4 Å². The van der Waals surface area contributed by atoms with E-state index in [1.807, 2.05) is 0 Å². The summed E-state index contributed by atoms with van der Waals surface area (Å²) in [5, 5.41) is 12.1. The van der Waals surface area contributed by atoms with E-state index in [0.29, 0.717) is 6.42 Å². The summed E-state index contributed by atoms with van der Waals surface area (Å²) in [6.45, 7) is 0.748. The van der Waals surface area contributed by atoms with Crippen molar-refractivity contribution < 1.29 is 14.7 Å². The summed E-state index contributed by atoms with van der Waals surface area (Å²) < 4.78 is 0. The van der Waals surface area contributed by atoms with Crippen molar-refractivity contribution in [3.05, 3.63) is 0 Å². The van der Waals surface area contributed by atoms with Gasteiger partial charge in [0.15, 0.2) is 0 Å². The van der Waals surface area contributed by atoms with E-state index in [-0.39, 0.29) is 17.7 Å². The quantitative estimate of drug-likeness (QED) is 0.674. The average molecular weight is 295 g/mol. The maximum absolute atomic E-state index is 12.1. The summed E-state index contributed by atoms with van der Waals surface area (Å²) >= 11 is 0. The maximum Gasteiger partial charge on any atom is 0.303 e. The van der Waals surface area contributed by atoms with E-state index in [0.717, 1.165) is 44.6 Å². The molecule has 0 aromatic rings. The molecule has 0 aromatic carbocycles. The third-order valence-electron chi connectivity index (χ3n) is 5.31. The van der Waals surface area contributed by atoms with Crippen LogP contribution in [0.15, 0.2) is 0 Å². The number of rotatable bonds is 8. The van der Waals surface area contributed by atoms with Crippen molar-refractivity contribution in [2.45, 2.75) is 77.0 Å². The second-order valence-corrected chi connectivity index (χ2v) is 7.10. The molecule has 120 valence electrons. The minimum atomic E-state index is -0.772. The number of hydrogen-bond acceptors (Lipinski definition) is 2. The van der Waals surface area contributed by atoms with Crippen molar-refractivity contribution in [3.8, 4) is 0 Å². The molecule has 0 atom stereocenters. The van der Waals surface area contributed by atoms with Crippen LogP contribution < -0.4 is 5.32 Å². The molecule has 2 rings (SSSR count). The van der Waals surface area contributed by atoms with Crippen molar-refractivity contribution in [2.75, 3.05) is 6.54 Å². The molecule has 4 heteroatoms. The summed E-state index contributed by atoms with van der Waals surface area (Å²) in [5.41, 5.74) is -0.276. The van der Waals surface area contributed by atoms with E-state index in [4.69, 9.17) is 5.11 Å².